The summed E-state index contributed by atoms with van der Waals surface area (Å²) in [5, 5.41) is 41.9. The Balaban J connectivity index is 1.51. The lowest BCUT2D eigenvalue weighted by molar-refractivity contribution is -0.237. The van der Waals surface area contributed by atoms with Crippen LogP contribution in [0.4, 0.5) is 0 Å². The van der Waals surface area contributed by atoms with Crippen LogP contribution in [-0.2, 0) is 19.0 Å². The summed E-state index contributed by atoms with van der Waals surface area (Å²) in [6, 6.07) is 6.07. The van der Waals surface area contributed by atoms with E-state index in [0.29, 0.717) is 17.1 Å². The van der Waals surface area contributed by atoms with Gasteiger partial charge in [-0.1, -0.05) is 0 Å². The standard InChI is InChI=1S/C25H26O12/c1-32-12-6-11(7-13(8-12)33-2)4-5-17(27)35-10-16-19(28)21(30)24-23(36-16)18-14(25(31)37-24)9-15(26)22(34-3)20(18)29/h4-9,16,19,21,23-24,26,28-30H,10H2,1-3H3/b5-4+/t16-,19-,21+,23+,24-/m1/s1. The molecular formula is C25H26O12. The molecule has 0 bridgehead atoms. The Bertz CT molecular complexity index is 1200. The number of carbonyl (C=O) groups is 2. The van der Waals surface area contributed by atoms with E-state index < -0.39 is 60.6 Å². The number of rotatable bonds is 7. The summed E-state index contributed by atoms with van der Waals surface area (Å²) in [7, 11) is 4.20. The van der Waals surface area contributed by atoms with Crippen LogP contribution in [0.1, 0.15) is 27.6 Å². The molecule has 2 aromatic rings. The summed E-state index contributed by atoms with van der Waals surface area (Å²) in [6.45, 7) is -0.467. The molecule has 37 heavy (non-hydrogen) atoms. The van der Waals surface area contributed by atoms with E-state index >= 15 is 0 Å². The zero-order chi connectivity index (χ0) is 26.9. The second-order valence-corrected chi connectivity index (χ2v) is 8.29. The van der Waals surface area contributed by atoms with Crippen LogP contribution in [0.15, 0.2) is 30.3 Å². The first kappa shape index (κ1) is 26.1. The normalized spacial score (nSPS) is 24.6. The molecular weight excluding hydrogens is 492 g/mol. The third-order valence-corrected chi connectivity index (χ3v) is 6.09. The van der Waals surface area contributed by atoms with Crippen molar-refractivity contribution in [2.24, 2.45) is 0 Å². The van der Waals surface area contributed by atoms with Crippen LogP contribution in [0.3, 0.4) is 0 Å². The van der Waals surface area contributed by atoms with Gasteiger partial charge in [-0.2, -0.15) is 0 Å². The van der Waals surface area contributed by atoms with Gasteiger partial charge in [0, 0.05) is 17.7 Å². The highest BCUT2D eigenvalue weighted by Gasteiger charge is 2.52. The van der Waals surface area contributed by atoms with Crippen molar-refractivity contribution in [3.8, 4) is 28.7 Å². The molecule has 1 fully saturated rings. The van der Waals surface area contributed by atoms with Crippen molar-refractivity contribution in [3.05, 3.63) is 47.0 Å². The van der Waals surface area contributed by atoms with Crippen molar-refractivity contribution in [3.63, 3.8) is 0 Å². The molecule has 2 aromatic carbocycles. The monoisotopic (exact) mass is 518 g/mol. The number of benzene rings is 2. The number of phenols is 2. The lowest BCUT2D eigenvalue weighted by atomic mass is 9.86. The fraction of sp³-hybridized carbons (Fsp3) is 0.360. The molecule has 12 heteroatoms. The average Bonchev–Trinajstić information content (AvgIpc) is 2.89. The van der Waals surface area contributed by atoms with Crippen LogP contribution in [-0.4, -0.2) is 84.7 Å². The number of aliphatic hydroxyl groups excluding tert-OH is 2. The predicted molar refractivity (Wildman–Crippen MR) is 125 cm³/mol. The Hall–Kier alpha value is -4.00. The number of phenolic OH excluding ortho intramolecular Hbond substituents is 2. The van der Waals surface area contributed by atoms with Gasteiger partial charge in [0.2, 0.25) is 5.75 Å². The van der Waals surface area contributed by atoms with Crippen LogP contribution in [0.25, 0.3) is 6.08 Å². The van der Waals surface area contributed by atoms with E-state index in [2.05, 4.69) is 0 Å². The van der Waals surface area contributed by atoms with Crippen LogP contribution in [0, 0.1) is 0 Å². The molecule has 2 aliphatic rings. The van der Waals surface area contributed by atoms with Crippen molar-refractivity contribution in [2.75, 3.05) is 27.9 Å². The minimum Gasteiger partial charge on any atom is -0.504 e. The first-order valence-corrected chi connectivity index (χ1v) is 11.1. The zero-order valence-electron chi connectivity index (χ0n) is 20.1. The van der Waals surface area contributed by atoms with E-state index in [1.165, 1.54) is 27.4 Å². The third-order valence-electron chi connectivity index (χ3n) is 6.09. The number of methoxy groups -OCH3 is 3. The third kappa shape index (κ3) is 4.99. The Labute approximate surface area is 211 Å². The van der Waals surface area contributed by atoms with Crippen molar-refractivity contribution < 1.29 is 58.4 Å². The molecule has 0 radical (unpaired) electrons. The Morgan fingerprint density at radius 1 is 1.00 bits per heavy atom. The van der Waals surface area contributed by atoms with Gasteiger partial charge in [-0.25, -0.2) is 9.59 Å². The van der Waals surface area contributed by atoms with E-state index in [0.717, 1.165) is 12.1 Å². The van der Waals surface area contributed by atoms with Gasteiger partial charge >= 0.3 is 11.9 Å². The number of esters is 2. The molecule has 2 aliphatic heterocycles. The van der Waals surface area contributed by atoms with Gasteiger partial charge in [-0.3, -0.25) is 0 Å². The first-order chi connectivity index (χ1) is 17.7. The molecule has 1 saturated heterocycles. The molecule has 12 nitrogen and oxygen atoms in total. The average molecular weight is 518 g/mol. The minimum absolute atomic E-state index is 0.0926. The fourth-order valence-corrected chi connectivity index (χ4v) is 4.24. The maximum absolute atomic E-state index is 12.4. The van der Waals surface area contributed by atoms with Gasteiger partial charge in [0.15, 0.2) is 17.6 Å². The lowest BCUT2D eigenvalue weighted by Crippen LogP contribution is -2.58. The molecule has 0 unspecified atom stereocenters. The Kier molecular flexibility index (Phi) is 7.43. The molecule has 4 N–H and O–H groups in total. The number of fused-ring (bicyclic) bond motifs is 3. The largest absolute Gasteiger partial charge is 0.504 e. The quantitative estimate of drug-likeness (QED) is 0.304. The summed E-state index contributed by atoms with van der Waals surface area (Å²) in [4.78, 5) is 24.8. The zero-order valence-corrected chi connectivity index (χ0v) is 20.1. The van der Waals surface area contributed by atoms with Gasteiger partial charge in [-0.15, -0.1) is 0 Å². The van der Waals surface area contributed by atoms with E-state index in [4.69, 9.17) is 28.4 Å². The lowest BCUT2D eigenvalue weighted by Gasteiger charge is -2.44. The molecule has 4 rings (SSSR count). The summed E-state index contributed by atoms with van der Waals surface area (Å²) in [5.74, 6) is -2.05. The van der Waals surface area contributed by atoms with Crippen molar-refractivity contribution in [1.82, 2.24) is 0 Å². The molecule has 198 valence electrons. The SMILES string of the molecule is COc1cc(/C=C/C(=O)OC[C@H]2O[C@H]3c4c(cc(O)c(OC)c4O)C(=O)O[C@@H]3[C@@H](O)[C@@H]2O)cc(OC)c1. The summed E-state index contributed by atoms with van der Waals surface area (Å²) in [5.41, 5.74) is 0.312. The van der Waals surface area contributed by atoms with Gasteiger partial charge in [0.1, 0.15) is 42.5 Å². The minimum atomic E-state index is -1.63. The number of carbonyl (C=O) groups excluding carboxylic acids is 2. The highest BCUT2D eigenvalue weighted by Crippen LogP contribution is 2.49. The molecule has 0 spiro atoms. The maximum atomic E-state index is 12.4. The number of hydrogen-bond donors (Lipinski definition) is 4. The topological polar surface area (TPSA) is 170 Å². The predicted octanol–water partition coefficient (Wildman–Crippen LogP) is 1.08. The van der Waals surface area contributed by atoms with E-state index in [9.17, 15) is 30.0 Å². The molecule has 2 heterocycles. The van der Waals surface area contributed by atoms with Crippen LogP contribution < -0.4 is 14.2 Å². The van der Waals surface area contributed by atoms with Gasteiger partial charge in [0.05, 0.1) is 26.9 Å². The number of ether oxygens (including phenoxy) is 6. The van der Waals surface area contributed by atoms with Crippen LogP contribution >= 0.6 is 0 Å². The summed E-state index contributed by atoms with van der Waals surface area (Å²) >= 11 is 0. The van der Waals surface area contributed by atoms with E-state index in [1.807, 2.05) is 0 Å². The number of aliphatic hydroxyl groups is 2. The number of aromatic hydroxyl groups is 2. The molecule has 0 saturated carbocycles. The van der Waals surface area contributed by atoms with Gasteiger partial charge < -0.3 is 48.8 Å². The molecule has 0 aromatic heterocycles. The fourth-order valence-electron chi connectivity index (χ4n) is 4.24. The Morgan fingerprint density at radius 3 is 2.30 bits per heavy atom. The Morgan fingerprint density at radius 2 is 1.68 bits per heavy atom. The molecule has 0 amide bonds. The first-order valence-electron chi connectivity index (χ1n) is 11.1. The molecule has 0 aliphatic carbocycles. The van der Waals surface area contributed by atoms with Crippen molar-refractivity contribution in [2.45, 2.75) is 30.5 Å². The second-order valence-electron chi connectivity index (χ2n) is 8.29. The summed E-state index contributed by atoms with van der Waals surface area (Å²) < 4.78 is 31.6. The van der Waals surface area contributed by atoms with E-state index in [-0.39, 0.29) is 16.9 Å². The highest BCUT2D eigenvalue weighted by atomic mass is 16.6. The second kappa shape index (κ2) is 10.5. The van der Waals surface area contributed by atoms with Crippen molar-refractivity contribution >= 4 is 18.0 Å². The highest BCUT2D eigenvalue weighted by molar-refractivity contribution is 5.95. The van der Waals surface area contributed by atoms with Gasteiger partial charge in [0.25, 0.3) is 0 Å². The van der Waals surface area contributed by atoms with E-state index in [1.54, 1.807) is 18.2 Å². The van der Waals surface area contributed by atoms with Crippen LogP contribution in [0.5, 0.6) is 28.7 Å². The smallest absolute Gasteiger partial charge is 0.339 e. The van der Waals surface area contributed by atoms with Gasteiger partial charge in [-0.05, 0) is 29.8 Å². The summed E-state index contributed by atoms with van der Waals surface area (Å²) in [6.07, 6.45) is -4.44. The number of hydrogen-bond acceptors (Lipinski definition) is 12. The van der Waals surface area contributed by atoms with Crippen LogP contribution in [0.2, 0.25) is 0 Å². The maximum Gasteiger partial charge on any atom is 0.339 e. The van der Waals surface area contributed by atoms with Crippen molar-refractivity contribution in [1.29, 1.82) is 0 Å². The molecule has 5 atom stereocenters.